The Labute approximate surface area is 71.4 Å². The molecule has 1 aromatic heterocycles. The van der Waals surface area contributed by atoms with Gasteiger partial charge in [-0.05, 0) is 32.9 Å². The Hall–Kier alpha value is -1.12. The number of rotatable bonds is 2. The van der Waals surface area contributed by atoms with Crippen molar-refractivity contribution in [3.05, 3.63) is 23.8 Å². The molecule has 0 atom stereocenters. The van der Waals surface area contributed by atoms with Gasteiger partial charge in [0.15, 0.2) is 0 Å². The van der Waals surface area contributed by atoms with Gasteiger partial charge < -0.3 is 4.74 Å². The molecule has 1 heterocycles. The van der Waals surface area contributed by atoms with E-state index in [0.717, 1.165) is 0 Å². The monoisotopic (exact) mass is 169 g/mol. The summed E-state index contributed by atoms with van der Waals surface area (Å²) in [7, 11) is 0. The predicted molar refractivity (Wildman–Crippen MR) is 44.7 cm³/mol. The highest BCUT2D eigenvalue weighted by Gasteiger charge is 2.03. The molecule has 0 unspecified atom stereocenters. The largest absolute Gasteiger partial charge is 0.489 e. The standard InChI is InChI=1S/C9H12FNO/c1-6(2)12-8-4-5-9(10)11-7(8)3/h4-6H,1-3H3. The van der Waals surface area contributed by atoms with Crippen molar-refractivity contribution in [2.45, 2.75) is 26.9 Å². The number of aryl methyl sites for hydroxylation is 1. The first-order valence-electron chi connectivity index (χ1n) is 3.89. The van der Waals surface area contributed by atoms with Gasteiger partial charge in [-0.3, -0.25) is 0 Å². The highest BCUT2D eigenvalue weighted by atomic mass is 19.1. The maximum Gasteiger partial charge on any atom is 0.213 e. The van der Waals surface area contributed by atoms with Crippen LogP contribution in [0.5, 0.6) is 5.75 Å². The molecule has 0 radical (unpaired) electrons. The average molecular weight is 169 g/mol. The molecule has 0 aromatic carbocycles. The van der Waals surface area contributed by atoms with Gasteiger partial charge in [-0.25, -0.2) is 4.98 Å². The van der Waals surface area contributed by atoms with Crippen LogP contribution in [0.3, 0.4) is 0 Å². The van der Waals surface area contributed by atoms with E-state index in [1.54, 1.807) is 13.0 Å². The summed E-state index contributed by atoms with van der Waals surface area (Å²) in [5, 5.41) is 0. The van der Waals surface area contributed by atoms with Crippen LogP contribution in [0, 0.1) is 12.9 Å². The zero-order valence-electron chi connectivity index (χ0n) is 7.47. The minimum absolute atomic E-state index is 0.0935. The second-order valence-electron chi connectivity index (χ2n) is 2.88. The normalized spacial score (nSPS) is 10.4. The van der Waals surface area contributed by atoms with E-state index in [0.29, 0.717) is 11.4 Å². The number of hydrogen-bond acceptors (Lipinski definition) is 2. The van der Waals surface area contributed by atoms with Crippen LogP contribution >= 0.6 is 0 Å². The maximum absolute atomic E-state index is 12.5. The van der Waals surface area contributed by atoms with E-state index >= 15 is 0 Å². The first-order chi connectivity index (χ1) is 5.59. The molecule has 0 amide bonds. The first kappa shape index (κ1) is 8.97. The van der Waals surface area contributed by atoms with Crippen LogP contribution in [0.2, 0.25) is 0 Å². The summed E-state index contributed by atoms with van der Waals surface area (Å²) in [6.07, 6.45) is 0.0935. The Morgan fingerprint density at radius 2 is 2.08 bits per heavy atom. The van der Waals surface area contributed by atoms with Crippen LogP contribution < -0.4 is 4.74 Å². The summed E-state index contributed by atoms with van der Waals surface area (Å²) in [5.41, 5.74) is 0.587. The molecule has 3 heteroatoms. The Morgan fingerprint density at radius 3 is 2.58 bits per heavy atom. The van der Waals surface area contributed by atoms with E-state index < -0.39 is 5.95 Å². The first-order valence-corrected chi connectivity index (χ1v) is 3.89. The van der Waals surface area contributed by atoms with Crippen molar-refractivity contribution in [3.63, 3.8) is 0 Å². The second-order valence-corrected chi connectivity index (χ2v) is 2.88. The van der Waals surface area contributed by atoms with Gasteiger partial charge in [0.1, 0.15) is 5.75 Å². The Morgan fingerprint density at radius 1 is 1.42 bits per heavy atom. The van der Waals surface area contributed by atoms with E-state index in [1.165, 1.54) is 6.07 Å². The van der Waals surface area contributed by atoms with Crippen LogP contribution in [-0.4, -0.2) is 11.1 Å². The van der Waals surface area contributed by atoms with Crippen LogP contribution in [-0.2, 0) is 0 Å². The van der Waals surface area contributed by atoms with Gasteiger partial charge in [-0.2, -0.15) is 4.39 Å². The predicted octanol–water partition coefficient (Wildman–Crippen LogP) is 2.32. The molecular formula is C9H12FNO. The Bertz CT molecular complexity index is 273. The van der Waals surface area contributed by atoms with Crippen molar-refractivity contribution in [1.29, 1.82) is 0 Å². The number of halogens is 1. The van der Waals surface area contributed by atoms with E-state index in [4.69, 9.17) is 4.74 Å². The lowest BCUT2D eigenvalue weighted by Gasteiger charge is -2.10. The lowest BCUT2D eigenvalue weighted by molar-refractivity contribution is 0.239. The van der Waals surface area contributed by atoms with E-state index in [1.807, 2.05) is 13.8 Å². The highest BCUT2D eigenvalue weighted by Crippen LogP contribution is 2.16. The zero-order valence-corrected chi connectivity index (χ0v) is 7.47. The van der Waals surface area contributed by atoms with Gasteiger partial charge in [0, 0.05) is 0 Å². The molecule has 0 bridgehead atoms. The summed E-state index contributed by atoms with van der Waals surface area (Å²) >= 11 is 0. The molecule has 0 aliphatic rings. The third kappa shape index (κ3) is 2.19. The summed E-state index contributed by atoms with van der Waals surface area (Å²) in [4.78, 5) is 3.63. The molecule has 1 aromatic rings. The average Bonchev–Trinajstić information content (AvgIpc) is 1.94. The number of pyridine rings is 1. The molecular weight excluding hydrogens is 157 g/mol. The summed E-state index contributed by atoms with van der Waals surface area (Å²) < 4.78 is 17.9. The van der Waals surface area contributed by atoms with Crippen molar-refractivity contribution < 1.29 is 9.13 Å². The summed E-state index contributed by atoms with van der Waals surface area (Å²) in [6, 6.07) is 2.89. The molecule has 0 aliphatic carbocycles. The van der Waals surface area contributed by atoms with Gasteiger partial charge in [0.2, 0.25) is 5.95 Å². The molecule has 0 fully saturated rings. The topological polar surface area (TPSA) is 22.1 Å². The lowest BCUT2D eigenvalue weighted by Crippen LogP contribution is -2.07. The lowest BCUT2D eigenvalue weighted by atomic mass is 10.3. The minimum atomic E-state index is -0.469. The highest BCUT2D eigenvalue weighted by molar-refractivity contribution is 5.25. The molecule has 12 heavy (non-hydrogen) atoms. The molecule has 66 valence electrons. The van der Waals surface area contributed by atoms with Crippen LogP contribution in [0.25, 0.3) is 0 Å². The van der Waals surface area contributed by atoms with Gasteiger partial charge in [-0.1, -0.05) is 0 Å². The molecule has 0 saturated heterocycles. The maximum atomic E-state index is 12.5. The van der Waals surface area contributed by atoms with E-state index in [-0.39, 0.29) is 6.10 Å². The fourth-order valence-electron chi connectivity index (χ4n) is 0.896. The van der Waals surface area contributed by atoms with Crippen molar-refractivity contribution in [1.82, 2.24) is 4.98 Å². The van der Waals surface area contributed by atoms with Crippen molar-refractivity contribution >= 4 is 0 Å². The Balaban J connectivity index is 2.86. The molecule has 1 rings (SSSR count). The SMILES string of the molecule is Cc1nc(F)ccc1OC(C)C. The number of ether oxygens (including phenoxy) is 1. The number of hydrogen-bond donors (Lipinski definition) is 0. The van der Waals surface area contributed by atoms with Gasteiger partial charge in [-0.15, -0.1) is 0 Å². The van der Waals surface area contributed by atoms with E-state index in [9.17, 15) is 4.39 Å². The van der Waals surface area contributed by atoms with Crippen LogP contribution in [0.1, 0.15) is 19.5 Å². The fraction of sp³-hybridized carbons (Fsp3) is 0.444. The smallest absolute Gasteiger partial charge is 0.213 e. The Kier molecular flexibility index (Phi) is 2.63. The molecule has 0 spiro atoms. The summed E-state index contributed by atoms with van der Waals surface area (Å²) in [6.45, 7) is 5.56. The van der Waals surface area contributed by atoms with Crippen molar-refractivity contribution in [2.24, 2.45) is 0 Å². The fourth-order valence-corrected chi connectivity index (χ4v) is 0.896. The van der Waals surface area contributed by atoms with Gasteiger partial charge >= 0.3 is 0 Å². The molecule has 2 nitrogen and oxygen atoms in total. The third-order valence-electron chi connectivity index (χ3n) is 1.37. The number of nitrogens with zero attached hydrogens (tertiary/aromatic N) is 1. The van der Waals surface area contributed by atoms with Gasteiger partial charge in [0.25, 0.3) is 0 Å². The molecule has 0 saturated carbocycles. The molecule has 0 N–H and O–H groups in total. The summed E-state index contributed by atoms with van der Waals surface area (Å²) in [5.74, 6) is 0.176. The van der Waals surface area contributed by atoms with Crippen LogP contribution in [0.15, 0.2) is 12.1 Å². The van der Waals surface area contributed by atoms with Crippen molar-refractivity contribution in [3.8, 4) is 5.75 Å². The van der Waals surface area contributed by atoms with Crippen LogP contribution in [0.4, 0.5) is 4.39 Å². The third-order valence-corrected chi connectivity index (χ3v) is 1.37. The minimum Gasteiger partial charge on any atom is -0.489 e. The van der Waals surface area contributed by atoms with E-state index in [2.05, 4.69) is 4.98 Å². The molecule has 0 aliphatic heterocycles. The van der Waals surface area contributed by atoms with Gasteiger partial charge in [0.05, 0.1) is 11.8 Å². The quantitative estimate of drug-likeness (QED) is 0.634. The number of aromatic nitrogens is 1. The second kappa shape index (κ2) is 3.52. The van der Waals surface area contributed by atoms with Crippen molar-refractivity contribution in [2.75, 3.05) is 0 Å². The zero-order chi connectivity index (χ0) is 9.14.